The third-order valence-corrected chi connectivity index (χ3v) is 13.2. The van der Waals surface area contributed by atoms with Gasteiger partial charge in [-0.1, -0.05) is 239 Å². The molecule has 0 saturated carbocycles. The van der Waals surface area contributed by atoms with Crippen LogP contribution in [0.15, 0.2) is 0 Å². The van der Waals surface area contributed by atoms with E-state index in [0.29, 0.717) is 13.0 Å². The Balaban J connectivity index is 2.32. The summed E-state index contributed by atoms with van der Waals surface area (Å²) in [5.41, 5.74) is 0. The molecule has 0 radical (unpaired) electrons. The van der Waals surface area contributed by atoms with Crippen LogP contribution in [0.25, 0.3) is 0 Å². The molecular formula is C51H100O12S. The van der Waals surface area contributed by atoms with Gasteiger partial charge in [-0.15, -0.1) is 0 Å². The first kappa shape index (κ1) is 61.1. The fraction of sp³-hybridized carbons (Fsp3) is 0.980. The molecule has 1 saturated heterocycles. The lowest BCUT2D eigenvalue weighted by molar-refractivity contribution is -0.301. The summed E-state index contributed by atoms with van der Waals surface area (Å²) < 4.78 is 59.3. The fourth-order valence-corrected chi connectivity index (χ4v) is 9.18. The molecule has 0 bridgehead atoms. The Morgan fingerprint density at radius 3 is 1.25 bits per heavy atom. The van der Waals surface area contributed by atoms with E-state index < -0.39 is 59.8 Å². The van der Waals surface area contributed by atoms with Gasteiger partial charge < -0.3 is 34.3 Å². The van der Waals surface area contributed by atoms with Crippen molar-refractivity contribution in [1.82, 2.24) is 0 Å². The molecule has 1 fully saturated rings. The van der Waals surface area contributed by atoms with E-state index >= 15 is 0 Å². The number of aliphatic hydroxyl groups excluding tert-OH is 3. The number of hydrogen-bond acceptors (Lipinski definition) is 11. The predicted molar refractivity (Wildman–Crippen MR) is 258 cm³/mol. The molecule has 4 N–H and O–H groups in total. The molecule has 64 heavy (non-hydrogen) atoms. The van der Waals surface area contributed by atoms with Gasteiger partial charge >= 0.3 is 16.4 Å². The van der Waals surface area contributed by atoms with Gasteiger partial charge in [0.25, 0.3) is 0 Å². The first-order valence-electron chi connectivity index (χ1n) is 26.8. The SMILES string of the molecule is CCCCCCCCCCCCCCCCCCCCCCOCC(COC1OC(CO)C(O)C(OS(=O)(=O)O)C1O)OC(=O)CCCCCCCCCCCCCCCCCCC. The Kier molecular flexibility index (Phi) is 41.4. The molecule has 0 aromatic heterocycles. The van der Waals surface area contributed by atoms with Crippen molar-refractivity contribution in [2.24, 2.45) is 0 Å². The number of carbonyl (C=O) groups excluding carboxylic acids is 1. The third kappa shape index (κ3) is 36.2. The minimum absolute atomic E-state index is 0.0454. The normalized spacial score (nSPS) is 19.6. The third-order valence-electron chi connectivity index (χ3n) is 12.7. The van der Waals surface area contributed by atoms with E-state index in [1.54, 1.807) is 0 Å². The van der Waals surface area contributed by atoms with Crippen LogP contribution in [0.2, 0.25) is 0 Å². The van der Waals surface area contributed by atoms with Gasteiger partial charge in [0.2, 0.25) is 0 Å². The maximum atomic E-state index is 12.9. The molecule has 0 aromatic carbocycles. The number of hydrogen-bond donors (Lipinski definition) is 4. The maximum Gasteiger partial charge on any atom is 0.397 e. The second-order valence-electron chi connectivity index (χ2n) is 18.8. The van der Waals surface area contributed by atoms with Crippen LogP contribution >= 0.6 is 0 Å². The highest BCUT2D eigenvalue weighted by Gasteiger charge is 2.48. The first-order chi connectivity index (χ1) is 31.1. The minimum atomic E-state index is -5.06. The quantitative estimate of drug-likeness (QED) is 0.0258. The summed E-state index contributed by atoms with van der Waals surface area (Å²) in [6, 6.07) is 0. The zero-order valence-corrected chi connectivity index (χ0v) is 41.9. The molecule has 0 aliphatic carbocycles. The molecule has 1 aliphatic heterocycles. The fourth-order valence-electron chi connectivity index (χ4n) is 8.68. The van der Waals surface area contributed by atoms with E-state index in [0.717, 1.165) is 38.5 Å². The van der Waals surface area contributed by atoms with Crippen LogP contribution in [0.1, 0.15) is 258 Å². The van der Waals surface area contributed by atoms with Crippen LogP contribution in [0.3, 0.4) is 0 Å². The van der Waals surface area contributed by atoms with E-state index in [9.17, 15) is 33.1 Å². The van der Waals surface area contributed by atoms with Gasteiger partial charge in [0.1, 0.15) is 30.5 Å². The van der Waals surface area contributed by atoms with Crippen LogP contribution in [0.4, 0.5) is 0 Å². The van der Waals surface area contributed by atoms with Gasteiger partial charge in [-0.3, -0.25) is 9.35 Å². The van der Waals surface area contributed by atoms with E-state index in [-0.39, 0.29) is 19.6 Å². The van der Waals surface area contributed by atoms with E-state index in [1.165, 1.54) is 193 Å². The molecule has 1 aliphatic rings. The lowest BCUT2D eigenvalue weighted by Gasteiger charge is -2.41. The van der Waals surface area contributed by atoms with E-state index in [1.807, 2.05) is 0 Å². The molecule has 6 unspecified atom stereocenters. The van der Waals surface area contributed by atoms with Crippen LogP contribution in [-0.2, 0) is 38.3 Å². The number of ether oxygens (including phenoxy) is 4. The average molecular weight is 937 g/mol. The Bertz CT molecular complexity index is 1130. The standard InChI is InChI=1S/C51H100O12S/c1-3-5-7-9-11-13-15-17-19-21-22-23-25-27-29-31-33-35-37-39-41-59-43-45(44-60-51-49(55)50(63-64(56,57)58)48(54)46(42-52)62-51)61-47(53)40-38-36-34-32-30-28-26-24-20-18-16-14-12-10-8-6-4-2/h45-46,48-52,54-55H,3-44H2,1-2H3,(H,56,57,58). The summed E-state index contributed by atoms with van der Waals surface area (Å²) in [4.78, 5) is 12.9. The zero-order chi connectivity index (χ0) is 46.8. The number of esters is 1. The molecule has 13 heteroatoms. The Morgan fingerprint density at radius 2 is 0.891 bits per heavy atom. The Morgan fingerprint density at radius 1 is 0.531 bits per heavy atom. The van der Waals surface area contributed by atoms with Gasteiger partial charge in [-0.2, -0.15) is 8.42 Å². The van der Waals surface area contributed by atoms with Crippen molar-refractivity contribution in [3.05, 3.63) is 0 Å². The van der Waals surface area contributed by atoms with Crippen molar-refractivity contribution < 1.29 is 56.2 Å². The van der Waals surface area contributed by atoms with Crippen LogP contribution in [0, 0.1) is 0 Å². The molecule has 0 spiro atoms. The topological polar surface area (TPSA) is 178 Å². The highest BCUT2D eigenvalue weighted by molar-refractivity contribution is 7.80. The number of carbonyl (C=O) groups is 1. The second-order valence-corrected chi connectivity index (χ2v) is 19.9. The highest BCUT2D eigenvalue weighted by atomic mass is 32.3. The molecule has 12 nitrogen and oxygen atoms in total. The first-order valence-corrected chi connectivity index (χ1v) is 28.2. The summed E-state index contributed by atoms with van der Waals surface area (Å²) in [6.07, 6.45) is 38.5. The van der Waals surface area contributed by atoms with E-state index in [4.69, 9.17) is 18.9 Å². The lowest BCUT2D eigenvalue weighted by Crippen LogP contribution is -2.60. The van der Waals surface area contributed by atoms with Crippen LogP contribution in [0.5, 0.6) is 0 Å². The molecule has 6 atom stereocenters. The zero-order valence-electron chi connectivity index (χ0n) is 41.1. The summed E-state index contributed by atoms with van der Waals surface area (Å²) >= 11 is 0. The molecule has 382 valence electrons. The molecule has 0 amide bonds. The number of aliphatic hydroxyl groups is 3. The summed E-state index contributed by atoms with van der Waals surface area (Å²) in [6.45, 7) is 4.06. The average Bonchev–Trinajstić information content (AvgIpc) is 3.27. The minimum Gasteiger partial charge on any atom is -0.457 e. The van der Waals surface area contributed by atoms with Crippen molar-refractivity contribution in [2.45, 2.75) is 295 Å². The predicted octanol–water partition coefficient (Wildman–Crippen LogP) is 12.4. The largest absolute Gasteiger partial charge is 0.457 e. The van der Waals surface area contributed by atoms with Crippen LogP contribution < -0.4 is 0 Å². The number of unbranched alkanes of at least 4 members (excludes halogenated alkanes) is 35. The summed E-state index contributed by atoms with van der Waals surface area (Å²) in [7, 11) is -5.06. The van der Waals surface area contributed by atoms with E-state index in [2.05, 4.69) is 18.0 Å². The summed E-state index contributed by atoms with van der Waals surface area (Å²) in [5.74, 6) is -0.390. The van der Waals surface area contributed by atoms with Gasteiger partial charge in [0, 0.05) is 13.0 Å². The Hall–Kier alpha value is -0.900. The lowest BCUT2D eigenvalue weighted by atomic mass is 9.99. The molecule has 0 aromatic rings. The van der Waals surface area contributed by atoms with Gasteiger partial charge in [0.15, 0.2) is 6.29 Å². The highest BCUT2D eigenvalue weighted by Crippen LogP contribution is 2.26. The van der Waals surface area contributed by atoms with Crippen molar-refractivity contribution in [2.75, 3.05) is 26.4 Å². The Labute approximate surface area is 392 Å². The van der Waals surface area contributed by atoms with Gasteiger partial charge in [0.05, 0.1) is 19.8 Å². The van der Waals surface area contributed by atoms with Gasteiger partial charge in [-0.05, 0) is 12.8 Å². The molecular weight excluding hydrogens is 837 g/mol. The number of rotatable bonds is 48. The second kappa shape index (κ2) is 43.4. The van der Waals surface area contributed by atoms with Crippen LogP contribution in [-0.4, -0.2) is 97.5 Å². The summed E-state index contributed by atoms with van der Waals surface area (Å²) in [5, 5.41) is 30.8. The maximum absolute atomic E-state index is 12.9. The molecule has 1 rings (SSSR count). The van der Waals surface area contributed by atoms with Crippen molar-refractivity contribution in [3.63, 3.8) is 0 Å². The molecule has 1 heterocycles. The van der Waals surface area contributed by atoms with Gasteiger partial charge in [-0.25, -0.2) is 4.18 Å². The smallest absolute Gasteiger partial charge is 0.397 e. The van der Waals surface area contributed by atoms with Crippen molar-refractivity contribution >= 4 is 16.4 Å². The van der Waals surface area contributed by atoms with Crippen molar-refractivity contribution in [1.29, 1.82) is 0 Å². The van der Waals surface area contributed by atoms with Crippen molar-refractivity contribution in [3.8, 4) is 0 Å². The monoisotopic (exact) mass is 937 g/mol.